The van der Waals surface area contributed by atoms with Crippen LogP contribution in [0, 0.1) is 13.8 Å². The quantitative estimate of drug-likeness (QED) is 0.918. The van der Waals surface area contributed by atoms with Gasteiger partial charge in [-0.15, -0.1) is 0 Å². The smallest absolute Gasteiger partial charge is 0.223 e. The van der Waals surface area contributed by atoms with Gasteiger partial charge in [0, 0.05) is 37.1 Å². The van der Waals surface area contributed by atoms with Gasteiger partial charge in [0.1, 0.15) is 0 Å². The third kappa shape index (κ3) is 3.37. The van der Waals surface area contributed by atoms with Gasteiger partial charge in [-0.3, -0.25) is 4.68 Å². The molecule has 3 rings (SSSR count). The summed E-state index contributed by atoms with van der Waals surface area (Å²) in [6.45, 7) is 6.22. The molecule has 1 atom stereocenters. The zero-order valence-corrected chi connectivity index (χ0v) is 14.5. The van der Waals surface area contributed by atoms with E-state index in [1.54, 1.807) is 0 Å². The van der Waals surface area contributed by atoms with Crippen LogP contribution < -0.4 is 5.32 Å². The fraction of sp³-hybridized carbons (Fsp3) is 0.588. The fourth-order valence-electron chi connectivity index (χ4n) is 3.42. The molecule has 6 heteroatoms. The largest absolute Gasteiger partial charge is 0.354 e. The molecule has 6 nitrogen and oxygen atoms in total. The summed E-state index contributed by atoms with van der Waals surface area (Å²) in [5, 5.41) is 7.84. The Hall–Kier alpha value is -1.95. The monoisotopic (exact) mass is 314 g/mol. The summed E-state index contributed by atoms with van der Waals surface area (Å²) in [4.78, 5) is 11.5. The Labute approximate surface area is 137 Å². The maximum absolute atomic E-state index is 4.67. The third-order valence-electron chi connectivity index (χ3n) is 4.85. The lowest BCUT2D eigenvalue weighted by atomic mass is 10.1. The molecule has 0 spiro atoms. The van der Waals surface area contributed by atoms with Crippen molar-refractivity contribution in [1.82, 2.24) is 24.6 Å². The van der Waals surface area contributed by atoms with E-state index < -0.39 is 0 Å². The zero-order chi connectivity index (χ0) is 16.4. The van der Waals surface area contributed by atoms with Gasteiger partial charge in [0.15, 0.2) is 0 Å². The Kier molecular flexibility index (Phi) is 4.61. The molecule has 1 saturated heterocycles. The summed E-state index contributed by atoms with van der Waals surface area (Å²) in [6, 6.07) is 2.64. The third-order valence-corrected chi connectivity index (χ3v) is 4.85. The number of hydrogen-bond donors (Lipinski definition) is 1. The van der Waals surface area contributed by atoms with E-state index in [0.29, 0.717) is 12.0 Å². The van der Waals surface area contributed by atoms with Gasteiger partial charge in [-0.25, -0.2) is 9.97 Å². The van der Waals surface area contributed by atoms with E-state index in [-0.39, 0.29) is 0 Å². The molecule has 23 heavy (non-hydrogen) atoms. The molecule has 2 aromatic rings. The molecule has 1 aliphatic rings. The Bertz CT molecular complexity index is 678. The average Bonchev–Trinajstić information content (AvgIpc) is 3.03. The van der Waals surface area contributed by atoms with Crippen molar-refractivity contribution in [2.45, 2.75) is 39.2 Å². The number of rotatable bonds is 5. The first-order valence-corrected chi connectivity index (χ1v) is 8.34. The van der Waals surface area contributed by atoms with Crippen LogP contribution in [0.3, 0.4) is 0 Å². The summed E-state index contributed by atoms with van der Waals surface area (Å²) in [7, 11) is 4.17. The maximum atomic E-state index is 4.67. The normalized spacial score (nSPS) is 18.5. The lowest BCUT2D eigenvalue weighted by Gasteiger charge is -2.19. The molecular weight excluding hydrogens is 288 g/mol. The maximum Gasteiger partial charge on any atom is 0.223 e. The number of hydrogen-bond acceptors (Lipinski definition) is 5. The zero-order valence-electron chi connectivity index (χ0n) is 14.5. The highest BCUT2D eigenvalue weighted by Crippen LogP contribution is 2.25. The number of aryl methyl sites for hydroxylation is 2. The number of likely N-dealkylation sites (tertiary alicyclic amines) is 1. The van der Waals surface area contributed by atoms with E-state index in [2.05, 4.69) is 39.3 Å². The Balaban J connectivity index is 1.68. The Morgan fingerprint density at radius 3 is 2.78 bits per heavy atom. The fourth-order valence-corrected chi connectivity index (χ4v) is 3.42. The van der Waals surface area contributed by atoms with Crippen LogP contribution in [-0.4, -0.2) is 50.8 Å². The van der Waals surface area contributed by atoms with Gasteiger partial charge in [-0.1, -0.05) is 0 Å². The minimum Gasteiger partial charge on any atom is -0.354 e. The molecule has 0 aliphatic carbocycles. The van der Waals surface area contributed by atoms with Crippen molar-refractivity contribution < 1.29 is 0 Å². The number of aromatic nitrogens is 4. The van der Waals surface area contributed by atoms with Gasteiger partial charge in [-0.2, -0.15) is 5.10 Å². The Morgan fingerprint density at radius 1 is 1.30 bits per heavy atom. The van der Waals surface area contributed by atoms with Gasteiger partial charge in [0.2, 0.25) is 5.95 Å². The molecular formula is C17H26N6. The standard InChI is InChI=1S/C17H26N6/c1-12-16(13(2)23(4)21-12)15-8-10-19-17(20-15)18-9-7-14-6-5-11-22(14)3/h8,10,14H,5-7,9,11H2,1-4H3,(H,18,19,20). The van der Waals surface area contributed by atoms with E-state index in [1.165, 1.54) is 19.4 Å². The molecule has 1 N–H and O–H groups in total. The summed E-state index contributed by atoms with van der Waals surface area (Å²) in [6.07, 6.45) is 5.56. The SMILES string of the molecule is Cc1nn(C)c(C)c1-c1ccnc(NCCC2CCCN2C)n1. The molecule has 0 amide bonds. The van der Waals surface area contributed by atoms with Crippen molar-refractivity contribution in [3.8, 4) is 11.3 Å². The van der Waals surface area contributed by atoms with Gasteiger partial charge in [0.05, 0.1) is 11.4 Å². The van der Waals surface area contributed by atoms with Crippen molar-refractivity contribution in [2.75, 3.05) is 25.5 Å². The van der Waals surface area contributed by atoms with E-state index in [0.717, 1.165) is 35.6 Å². The molecule has 0 bridgehead atoms. The highest BCUT2D eigenvalue weighted by atomic mass is 15.3. The van der Waals surface area contributed by atoms with Crippen LogP contribution in [0.4, 0.5) is 5.95 Å². The molecule has 2 aromatic heterocycles. The second-order valence-electron chi connectivity index (χ2n) is 6.43. The number of nitrogens with zero attached hydrogens (tertiary/aromatic N) is 5. The first kappa shape index (κ1) is 15.9. The van der Waals surface area contributed by atoms with Crippen LogP contribution >= 0.6 is 0 Å². The van der Waals surface area contributed by atoms with Crippen molar-refractivity contribution in [2.24, 2.45) is 7.05 Å². The van der Waals surface area contributed by atoms with Crippen LogP contribution in [0.25, 0.3) is 11.3 Å². The number of nitrogens with one attached hydrogen (secondary N) is 1. The molecule has 3 heterocycles. The van der Waals surface area contributed by atoms with Crippen LogP contribution in [0.5, 0.6) is 0 Å². The molecule has 1 aliphatic heterocycles. The topological polar surface area (TPSA) is 58.9 Å². The lowest BCUT2D eigenvalue weighted by Crippen LogP contribution is -2.27. The molecule has 0 aromatic carbocycles. The van der Waals surface area contributed by atoms with Crippen molar-refractivity contribution in [1.29, 1.82) is 0 Å². The highest BCUT2D eigenvalue weighted by molar-refractivity contribution is 5.65. The second kappa shape index (κ2) is 6.66. The first-order chi connectivity index (χ1) is 11.1. The van der Waals surface area contributed by atoms with E-state index in [4.69, 9.17) is 0 Å². The van der Waals surface area contributed by atoms with Gasteiger partial charge >= 0.3 is 0 Å². The van der Waals surface area contributed by atoms with Crippen LogP contribution in [-0.2, 0) is 7.05 Å². The summed E-state index contributed by atoms with van der Waals surface area (Å²) in [5.74, 6) is 0.700. The molecule has 124 valence electrons. The van der Waals surface area contributed by atoms with Crippen LogP contribution in [0.1, 0.15) is 30.7 Å². The highest BCUT2D eigenvalue weighted by Gasteiger charge is 2.20. The summed E-state index contributed by atoms with van der Waals surface area (Å²) < 4.78 is 1.90. The van der Waals surface area contributed by atoms with E-state index in [9.17, 15) is 0 Å². The average molecular weight is 314 g/mol. The molecule has 0 saturated carbocycles. The van der Waals surface area contributed by atoms with Gasteiger partial charge < -0.3 is 10.2 Å². The predicted octanol–water partition coefficient (Wildman–Crippen LogP) is 2.39. The van der Waals surface area contributed by atoms with Gasteiger partial charge in [0.25, 0.3) is 0 Å². The van der Waals surface area contributed by atoms with Crippen LogP contribution in [0.2, 0.25) is 0 Å². The van der Waals surface area contributed by atoms with E-state index >= 15 is 0 Å². The summed E-state index contributed by atoms with van der Waals surface area (Å²) in [5.41, 5.74) is 4.17. The number of anilines is 1. The predicted molar refractivity (Wildman–Crippen MR) is 92.5 cm³/mol. The van der Waals surface area contributed by atoms with Gasteiger partial charge in [-0.05, 0) is 52.8 Å². The molecule has 0 radical (unpaired) electrons. The minimum absolute atomic E-state index is 0.688. The van der Waals surface area contributed by atoms with Crippen molar-refractivity contribution >= 4 is 5.95 Å². The molecule has 1 unspecified atom stereocenters. The minimum atomic E-state index is 0.688. The second-order valence-corrected chi connectivity index (χ2v) is 6.43. The lowest BCUT2D eigenvalue weighted by molar-refractivity contribution is 0.301. The van der Waals surface area contributed by atoms with Crippen molar-refractivity contribution in [3.63, 3.8) is 0 Å². The summed E-state index contributed by atoms with van der Waals surface area (Å²) >= 11 is 0. The van der Waals surface area contributed by atoms with Crippen LogP contribution in [0.15, 0.2) is 12.3 Å². The van der Waals surface area contributed by atoms with Crippen molar-refractivity contribution in [3.05, 3.63) is 23.7 Å². The first-order valence-electron chi connectivity index (χ1n) is 8.34. The van der Waals surface area contributed by atoms with E-state index in [1.807, 2.05) is 30.9 Å². The molecule has 1 fully saturated rings. The Morgan fingerprint density at radius 2 is 2.13 bits per heavy atom.